The zero-order valence-electron chi connectivity index (χ0n) is 18.2. The minimum Gasteiger partial charge on any atom is -0.235 e. The summed E-state index contributed by atoms with van der Waals surface area (Å²) in [6.07, 6.45) is 0. The van der Waals surface area contributed by atoms with Crippen molar-refractivity contribution in [3.63, 3.8) is 0 Å². The van der Waals surface area contributed by atoms with Crippen molar-refractivity contribution in [3.05, 3.63) is 33.9 Å². The van der Waals surface area contributed by atoms with Crippen molar-refractivity contribution in [2.45, 2.75) is 79.5 Å². The van der Waals surface area contributed by atoms with Crippen LogP contribution in [0.4, 0.5) is 0 Å². The Kier molecular flexibility index (Phi) is 8.09. The van der Waals surface area contributed by atoms with E-state index in [9.17, 15) is 0 Å². The first-order valence-corrected chi connectivity index (χ1v) is 13.2. The number of hydrogen-bond donors (Lipinski definition) is 0. The summed E-state index contributed by atoms with van der Waals surface area (Å²) in [5.74, 6) is 7.20. The molecule has 2 unspecified atom stereocenters. The first kappa shape index (κ1) is 25.2. The molecular weight excluding hydrogens is 382 g/mol. The summed E-state index contributed by atoms with van der Waals surface area (Å²) in [6, 6.07) is 0. The Morgan fingerprint density at radius 1 is 0.640 bits per heavy atom. The van der Waals surface area contributed by atoms with Crippen LogP contribution in [0.3, 0.4) is 0 Å². The van der Waals surface area contributed by atoms with Gasteiger partial charge in [0, 0.05) is 0 Å². The van der Waals surface area contributed by atoms with Crippen LogP contribution < -0.4 is 0 Å². The van der Waals surface area contributed by atoms with Crippen LogP contribution in [0.25, 0.3) is 0 Å². The van der Waals surface area contributed by atoms with Crippen LogP contribution in [0.2, 0.25) is 0 Å². The number of hydrogen-bond acceptors (Lipinski definition) is 0. The Bertz CT molecular complexity index is 709. The van der Waals surface area contributed by atoms with Gasteiger partial charge in [-0.3, -0.25) is 0 Å². The molecule has 2 atom stereocenters. The van der Waals surface area contributed by atoms with Crippen molar-refractivity contribution < 1.29 is 17.1 Å². The molecular formula is C22H36FeP2+3. The maximum absolute atomic E-state index is 3.60. The summed E-state index contributed by atoms with van der Waals surface area (Å²) in [5, 5.41) is 0.651. The van der Waals surface area contributed by atoms with Gasteiger partial charge in [-0.25, -0.2) is 33.7 Å². The molecule has 0 bridgehead atoms. The molecule has 2 heterocycles. The van der Waals surface area contributed by atoms with Crippen molar-refractivity contribution in [1.82, 2.24) is 0 Å². The topological polar surface area (TPSA) is 0 Å². The van der Waals surface area contributed by atoms with Crippen LogP contribution in [-0.2, 0) is 17.1 Å². The van der Waals surface area contributed by atoms with Crippen LogP contribution in [0.5, 0.6) is 0 Å². The van der Waals surface area contributed by atoms with Gasteiger partial charge in [-0.15, -0.1) is 13.8 Å². The molecule has 0 spiro atoms. The fourth-order valence-corrected chi connectivity index (χ4v) is 7.21. The largest absolute Gasteiger partial charge is 5.00 e. The third kappa shape index (κ3) is 5.57. The van der Waals surface area contributed by atoms with Gasteiger partial charge in [0.15, 0.2) is 0 Å². The maximum atomic E-state index is 3.60. The van der Waals surface area contributed by atoms with E-state index in [1.807, 2.05) is 0 Å². The molecule has 0 aromatic heterocycles. The van der Waals surface area contributed by atoms with Gasteiger partial charge >= 0.3 is 17.1 Å². The summed E-state index contributed by atoms with van der Waals surface area (Å²) in [7, 11) is 0. The van der Waals surface area contributed by atoms with Gasteiger partial charge in [-0.2, -0.15) is 11.1 Å². The van der Waals surface area contributed by atoms with Gasteiger partial charge < -0.3 is 0 Å². The van der Waals surface area contributed by atoms with Gasteiger partial charge in [0.25, 0.3) is 0 Å². The molecule has 2 rings (SSSR count). The third-order valence-electron chi connectivity index (χ3n) is 5.37. The van der Waals surface area contributed by atoms with Gasteiger partial charge in [-0.1, -0.05) is 82.6 Å². The van der Waals surface area contributed by atoms with E-state index in [-0.39, 0.29) is 17.1 Å². The zero-order chi connectivity index (χ0) is 19.1. The quantitative estimate of drug-likeness (QED) is 0.226. The van der Waals surface area contributed by atoms with E-state index < -0.39 is 13.8 Å². The van der Waals surface area contributed by atoms with Crippen LogP contribution in [0.1, 0.15) is 69.2 Å². The van der Waals surface area contributed by atoms with E-state index in [1.165, 1.54) is 22.3 Å². The van der Waals surface area contributed by atoms with Crippen LogP contribution in [-0.4, -0.2) is 34.5 Å². The normalized spacial score (nSPS) is 28.3. The Balaban J connectivity index is 0.000000443. The van der Waals surface area contributed by atoms with E-state index in [0.717, 1.165) is 0 Å². The predicted molar refractivity (Wildman–Crippen MR) is 118 cm³/mol. The summed E-state index contributed by atoms with van der Waals surface area (Å²) >= 11 is 0. The van der Waals surface area contributed by atoms with E-state index >= 15 is 0 Å². The van der Waals surface area contributed by atoms with Crippen LogP contribution >= 0.6 is 13.8 Å². The minimum atomic E-state index is -1.19. The summed E-state index contributed by atoms with van der Waals surface area (Å²) in [6.45, 7) is 24.5. The van der Waals surface area contributed by atoms with Gasteiger partial charge in [0.05, 0.1) is 0 Å². The number of rotatable bonds is 0. The van der Waals surface area contributed by atoms with Gasteiger partial charge in [0.2, 0.25) is 0 Å². The molecule has 0 saturated heterocycles. The summed E-state index contributed by atoms with van der Waals surface area (Å²) in [5.41, 5.74) is 12.4. The first-order chi connectivity index (χ1) is 10.5. The molecule has 0 aromatic carbocycles. The van der Waals surface area contributed by atoms with Crippen molar-refractivity contribution >= 4 is 24.7 Å². The third-order valence-corrected chi connectivity index (χ3v) is 13.9. The second kappa shape index (κ2) is 8.03. The molecule has 0 amide bonds. The Labute approximate surface area is 168 Å². The summed E-state index contributed by atoms with van der Waals surface area (Å²) in [4.78, 5) is 0. The molecule has 0 saturated carbocycles. The van der Waals surface area contributed by atoms with E-state index in [2.05, 4.69) is 105 Å². The maximum Gasteiger partial charge on any atom is 5.00 e. The zero-order valence-corrected chi connectivity index (χ0v) is 21.1. The molecule has 0 aromatic rings. The molecule has 1 radical (unpaired) electrons. The van der Waals surface area contributed by atoms with Crippen LogP contribution in [0, 0.1) is 11.6 Å². The van der Waals surface area contributed by atoms with E-state index in [4.69, 9.17) is 0 Å². The van der Waals surface area contributed by atoms with E-state index in [0.29, 0.717) is 10.3 Å². The molecule has 0 N–H and O–H groups in total. The van der Waals surface area contributed by atoms with Crippen molar-refractivity contribution in [3.8, 4) is 0 Å². The fourth-order valence-electron chi connectivity index (χ4n) is 2.40. The van der Waals surface area contributed by atoms with Crippen molar-refractivity contribution in [2.75, 3.05) is 13.3 Å². The molecule has 0 fully saturated rings. The Hall–Kier alpha value is 0.159. The number of allylic oxidation sites excluding steroid dienone is 4. The van der Waals surface area contributed by atoms with Gasteiger partial charge in [0.1, 0.15) is 0 Å². The average molecular weight is 418 g/mol. The smallest absolute Gasteiger partial charge is 0.235 e. The SMILES string of the molecule is CC1=C=P(C)(C(C)(C)C)[C-]=C1C.CC1=C=P(C)(C(C)(C)C)[C-]=C1C.[Fe+5]. The van der Waals surface area contributed by atoms with Crippen molar-refractivity contribution in [2.24, 2.45) is 0 Å². The second-order valence-corrected chi connectivity index (χ2v) is 16.9. The summed E-state index contributed by atoms with van der Waals surface area (Å²) < 4.78 is 0. The van der Waals surface area contributed by atoms with Crippen LogP contribution in [0.15, 0.2) is 22.3 Å². The van der Waals surface area contributed by atoms with E-state index in [1.54, 1.807) is 0 Å². The predicted octanol–water partition coefficient (Wildman–Crippen LogP) is 7.00. The molecule has 0 aliphatic carbocycles. The standard InChI is InChI=1S/2C11H18P.Fe/c2*1-9-7-12(6,8-10(9)2)11(3,4)5;/h2*1-6H3;/q2*-1;+5. The molecule has 0 nitrogen and oxygen atoms in total. The molecule has 2 aliphatic rings. The molecule has 25 heavy (non-hydrogen) atoms. The molecule has 139 valence electrons. The first-order valence-electron chi connectivity index (χ1n) is 8.74. The van der Waals surface area contributed by atoms with Gasteiger partial charge in [-0.05, 0) is 10.3 Å². The monoisotopic (exact) mass is 418 g/mol. The fraction of sp³-hybridized carbons (Fsp3) is 0.636. The Morgan fingerprint density at radius 2 is 0.880 bits per heavy atom. The Morgan fingerprint density at radius 3 is 0.960 bits per heavy atom. The molecule has 3 heteroatoms. The second-order valence-electron chi connectivity index (χ2n) is 9.30. The minimum absolute atomic E-state index is 0. The van der Waals surface area contributed by atoms with Crippen molar-refractivity contribution in [1.29, 1.82) is 0 Å². The average Bonchev–Trinajstić information content (AvgIpc) is 2.77. The molecule has 2 aliphatic heterocycles.